The van der Waals surface area contributed by atoms with Gasteiger partial charge < -0.3 is 21.1 Å². The first-order valence-corrected chi connectivity index (χ1v) is 7.28. The van der Waals surface area contributed by atoms with Gasteiger partial charge in [-0.2, -0.15) is 0 Å². The summed E-state index contributed by atoms with van der Waals surface area (Å²) in [7, 11) is 0. The van der Waals surface area contributed by atoms with Crippen LogP contribution in [0.4, 0.5) is 10.1 Å². The summed E-state index contributed by atoms with van der Waals surface area (Å²) in [5, 5.41) is 0. The van der Waals surface area contributed by atoms with E-state index in [0.29, 0.717) is 18.8 Å². The highest BCUT2D eigenvalue weighted by atomic mass is 19.1. The molecule has 5 nitrogen and oxygen atoms in total. The number of benzene rings is 1. The van der Waals surface area contributed by atoms with Gasteiger partial charge in [-0.25, -0.2) is 4.39 Å². The van der Waals surface area contributed by atoms with Crippen LogP contribution in [0.3, 0.4) is 0 Å². The predicted octanol–water partition coefficient (Wildman–Crippen LogP) is 1.26. The molecule has 0 spiro atoms. The third-order valence-corrected chi connectivity index (χ3v) is 3.72. The van der Waals surface area contributed by atoms with Crippen LogP contribution in [0.5, 0.6) is 0 Å². The number of halogens is 1. The molecule has 1 saturated heterocycles. The van der Waals surface area contributed by atoms with Crippen molar-refractivity contribution in [1.29, 1.82) is 0 Å². The van der Waals surface area contributed by atoms with Crippen molar-refractivity contribution in [3.05, 3.63) is 29.6 Å². The zero-order valence-corrected chi connectivity index (χ0v) is 12.1. The number of primary amides is 1. The first-order valence-electron chi connectivity index (χ1n) is 7.28. The Kier molecular flexibility index (Phi) is 5.52. The van der Waals surface area contributed by atoms with E-state index in [1.807, 2.05) is 4.90 Å². The Labute approximate surface area is 124 Å². The van der Waals surface area contributed by atoms with Gasteiger partial charge in [-0.1, -0.05) is 6.07 Å². The Morgan fingerprint density at radius 3 is 2.71 bits per heavy atom. The first kappa shape index (κ1) is 15.7. The number of anilines is 1. The van der Waals surface area contributed by atoms with Gasteiger partial charge in [0.25, 0.3) is 5.91 Å². The lowest BCUT2D eigenvalue weighted by molar-refractivity contribution is 0.0366. The number of carbonyl (C=O) groups is 1. The zero-order chi connectivity index (χ0) is 15.2. The molecule has 1 amide bonds. The fraction of sp³-hybridized carbons (Fsp3) is 0.533. The molecule has 6 heteroatoms. The Balaban J connectivity index is 1.99. The van der Waals surface area contributed by atoms with Crippen LogP contribution in [0.1, 0.15) is 29.6 Å². The number of nitrogens with zero attached hydrogens (tertiary/aromatic N) is 1. The molecule has 0 aliphatic carbocycles. The lowest BCUT2D eigenvalue weighted by Crippen LogP contribution is -2.38. The summed E-state index contributed by atoms with van der Waals surface area (Å²) in [6.45, 7) is 2.74. The Morgan fingerprint density at radius 2 is 2.10 bits per heavy atom. The predicted molar refractivity (Wildman–Crippen MR) is 79.8 cm³/mol. The third kappa shape index (κ3) is 3.92. The smallest absolute Gasteiger partial charge is 0.253 e. The topological polar surface area (TPSA) is 81.6 Å². The largest absolute Gasteiger partial charge is 0.378 e. The number of piperidine rings is 1. The standard InChI is InChI=1S/C15H22FN3O2/c16-12-3-1-4-13(14(12)15(18)20)19-8-5-11(6-9-19)21-10-2-7-17/h1,3-4,11H,2,5-10,17H2,(H2,18,20). The number of nitrogens with two attached hydrogens (primary N) is 2. The molecule has 1 heterocycles. The normalized spacial score (nSPS) is 16.2. The molecule has 0 saturated carbocycles. The molecule has 0 aromatic heterocycles. The molecule has 21 heavy (non-hydrogen) atoms. The highest BCUT2D eigenvalue weighted by Crippen LogP contribution is 2.26. The highest BCUT2D eigenvalue weighted by Gasteiger charge is 2.24. The van der Waals surface area contributed by atoms with Gasteiger partial charge in [0, 0.05) is 19.7 Å². The molecule has 4 N–H and O–H groups in total. The van der Waals surface area contributed by atoms with Gasteiger partial charge in [-0.3, -0.25) is 4.79 Å². The van der Waals surface area contributed by atoms with E-state index in [1.165, 1.54) is 6.07 Å². The number of hydrogen-bond donors (Lipinski definition) is 2. The lowest BCUT2D eigenvalue weighted by atomic mass is 10.0. The summed E-state index contributed by atoms with van der Waals surface area (Å²) in [4.78, 5) is 13.4. The molecule has 0 bridgehead atoms. The second kappa shape index (κ2) is 7.38. The Morgan fingerprint density at radius 1 is 1.38 bits per heavy atom. The van der Waals surface area contributed by atoms with Crippen molar-refractivity contribution in [3.8, 4) is 0 Å². The maximum absolute atomic E-state index is 13.8. The van der Waals surface area contributed by atoms with Crippen LogP contribution < -0.4 is 16.4 Å². The Hall–Kier alpha value is -1.66. The first-order chi connectivity index (χ1) is 10.1. The minimum atomic E-state index is -0.732. The zero-order valence-electron chi connectivity index (χ0n) is 12.1. The van der Waals surface area contributed by atoms with Crippen LogP contribution in [-0.2, 0) is 4.74 Å². The van der Waals surface area contributed by atoms with Crippen LogP contribution in [0, 0.1) is 5.82 Å². The van der Waals surface area contributed by atoms with E-state index < -0.39 is 11.7 Å². The number of rotatable bonds is 6. The van der Waals surface area contributed by atoms with Crippen molar-refractivity contribution in [2.45, 2.75) is 25.4 Å². The van der Waals surface area contributed by atoms with Crippen LogP contribution in [0.25, 0.3) is 0 Å². The monoisotopic (exact) mass is 295 g/mol. The van der Waals surface area contributed by atoms with Crippen LogP contribution in [0.15, 0.2) is 18.2 Å². The van der Waals surface area contributed by atoms with E-state index in [4.69, 9.17) is 16.2 Å². The summed E-state index contributed by atoms with van der Waals surface area (Å²) in [6.07, 6.45) is 2.76. The molecular formula is C15H22FN3O2. The van der Waals surface area contributed by atoms with Crippen LogP contribution >= 0.6 is 0 Å². The number of amides is 1. The molecule has 0 unspecified atom stereocenters. The molecule has 0 atom stereocenters. The molecule has 116 valence electrons. The summed E-state index contributed by atoms with van der Waals surface area (Å²) >= 11 is 0. The van der Waals surface area contributed by atoms with Gasteiger partial charge in [-0.15, -0.1) is 0 Å². The van der Waals surface area contributed by atoms with Crippen molar-refractivity contribution in [3.63, 3.8) is 0 Å². The van der Waals surface area contributed by atoms with Crippen molar-refractivity contribution in [2.24, 2.45) is 11.5 Å². The van der Waals surface area contributed by atoms with Gasteiger partial charge in [-0.05, 0) is 37.9 Å². The SMILES string of the molecule is NCCCOC1CCN(c2cccc(F)c2C(N)=O)CC1. The van der Waals surface area contributed by atoms with Gasteiger partial charge in [0.05, 0.1) is 17.4 Å². The number of ether oxygens (including phenoxy) is 1. The van der Waals surface area contributed by atoms with E-state index in [9.17, 15) is 9.18 Å². The molecule has 1 aliphatic rings. The number of hydrogen-bond acceptors (Lipinski definition) is 4. The van der Waals surface area contributed by atoms with Gasteiger partial charge in [0.2, 0.25) is 0 Å². The summed E-state index contributed by atoms with van der Waals surface area (Å²) in [5.74, 6) is -1.30. The van der Waals surface area contributed by atoms with Gasteiger partial charge in [0.15, 0.2) is 0 Å². The number of carbonyl (C=O) groups excluding carboxylic acids is 1. The average Bonchev–Trinajstić information content (AvgIpc) is 2.47. The molecule has 2 rings (SSSR count). The summed E-state index contributed by atoms with van der Waals surface area (Å²) < 4.78 is 19.5. The van der Waals surface area contributed by atoms with E-state index in [0.717, 1.165) is 32.4 Å². The van der Waals surface area contributed by atoms with E-state index >= 15 is 0 Å². The second-order valence-electron chi connectivity index (χ2n) is 5.20. The molecule has 1 aliphatic heterocycles. The maximum atomic E-state index is 13.8. The fourth-order valence-corrected chi connectivity index (χ4v) is 2.62. The molecule has 1 aromatic carbocycles. The van der Waals surface area contributed by atoms with E-state index in [-0.39, 0.29) is 11.7 Å². The second-order valence-corrected chi connectivity index (χ2v) is 5.20. The van der Waals surface area contributed by atoms with Gasteiger partial charge in [0.1, 0.15) is 5.82 Å². The Bertz CT molecular complexity index is 488. The van der Waals surface area contributed by atoms with Crippen molar-refractivity contribution >= 4 is 11.6 Å². The molecule has 0 radical (unpaired) electrons. The van der Waals surface area contributed by atoms with Crippen molar-refractivity contribution < 1.29 is 13.9 Å². The van der Waals surface area contributed by atoms with Crippen LogP contribution in [0.2, 0.25) is 0 Å². The fourth-order valence-electron chi connectivity index (χ4n) is 2.62. The third-order valence-electron chi connectivity index (χ3n) is 3.72. The highest BCUT2D eigenvalue weighted by molar-refractivity contribution is 5.99. The van der Waals surface area contributed by atoms with E-state index in [2.05, 4.69) is 0 Å². The molecule has 1 fully saturated rings. The summed E-state index contributed by atoms with van der Waals surface area (Å²) in [5.41, 5.74) is 11.3. The lowest BCUT2D eigenvalue weighted by Gasteiger charge is -2.34. The van der Waals surface area contributed by atoms with E-state index in [1.54, 1.807) is 12.1 Å². The van der Waals surface area contributed by atoms with Crippen LogP contribution in [-0.4, -0.2) is 38.3 Å². The average molecular weight is 295 g/mol. The van der Waals surface area contributed by atoms with Crippen molar-refractivity contribution in [2.75, 3.05) is 31.1 Å². The molecular weight excluding hydrogens is 273 g/mol. The van der Waals surface area contributed by atoms with Crippen molar-refractivity contribution in [1.82, 2.24) is 0 Å². The summed E-state index contributed by atoms with van der Waals surface area (Å²) in [6, 6.07) is 4.59. The van der Waals surface area contributed by atoms with Gasteiger partial charge >= 0.3 is 0 Å². The quantitative estimate of drug-likeness (QED) is 0.774. The molecule has 1 aromatic rings. The maximum Gasteiger partial charge on any atom is 0.253 e. The minimum Gasteiger partial charge on any atom is -0.378 e. The minimum absolute atomic E-state index is 0.0278.